The van der Waals surface area contributed by atoms with E-state index < -0.39 is 30.2 Å². The number of nitrogens with zero attached hydrogens (tertiary/aromatic N) is 3. The molecular formula is C21H14F6N4O. The quantitative estimate of drug-likeness (QED) is 0.392. The molecule has 0 saturated heterocycles. The molecule has 0 fully saturated rings. The number of hydrogen-bond donors (Lipinski definition) is 2. The third kappa shape index (κ3) is 4.24. The van der Waals surface area contributed by atoms with Crippen molar-refractivity contribution in [2.75, 3.05) is 5.32 Å². The largest absolute Gasteiger partial charge is 0.435 e. The second-order valence-corrected chi connectivity index (χ2v) is 6.84. The maximum absolute atomic E-state index is 13.7. The Balaban J connectivity index is 1.80. The van der Waals surface area contributed by atoms with Gasteiger partial charge in [-0.2, -0.15) is 26.3 Å². The number of rotatable bonds is 4. The molecule has 5 nitrogen and oxygen atoms in total. The summed E-state index contributed by atoms with van der Waals surface area (Å²) in [5.41, 5.74) is -1.88. The Morgan fingerprint density at radius 1 is 0.875 bits per heavy atom. The predicted octanol–water partition coefficient (Wildman–Crippen LogP) is 5.67. The Kier molecular flexibility index (Phi) is 5.29. The number of imidazole rings is 1. The standard InChI is InChI=1S/C21H14F6N4O/c22-20(23,24)13-4-6-14(7-5-13)28-16-10-12(11-32)9-15(29-16)18-19(21(25,26)27)30-17-3-1-2-8-31(17)18/h1-10,32H,11H2,(H,28,29). The number of anilines is 2. The Labute approximate surface area is 177 Å². The van der Waals surface area contributed by atoms with Crippen LogP contribution in [-0.2, 0) is 19.0 Å². The summed E-state index contributed by atoms with van der Waals surface area (Å²) in [5, 5.41) is 12.4. The minimum atomic E-state index is -4.76. The first-order valence-corrected chi connectivity index (χ1v) is 9.17. The van der Waals surface area contributed by atoms with Gasteiger partial charge < -0.3 is 10.4 Å². The van der Waals surface area contributed by atoms with Crippen molar-refractivity contribution in [1.29, 1.82) is 0 Å². The first-order valence-electron chi connectivity index (χ1n) is 9.17. The second-order valence-electron chi connectivity index (χ2n) is 6.84. The lowest BCUT2D eigenvalue weighted by Crippen LogP contribution is -2.09. The van der Waals surface area contributed by atoms with Gasteiger partial charge in [-0.15, -0.1) is 0 Å². The molecule has 3 aromatic heterocycles. The molecule has 0 spiro atoms. The molecule has 32 heavy (non-hydrogen) atoms. The van der Waals surface area contributed by atoms with Crippen molar-refractivity contribution in [2.45, 2.75) is 19.0 Å². The van der Waals surface area contributed by atoms with Crippen LogP contribution in [0.3, 0.4) is 0 Å². The molecule has 0 aliphatic heterocycles. The Bertz CT molecular complexity index is 1260. The molecule has 0 aliphatic carbocycles. The van der Waals surface area contributed by atoms with Crippen molar-refractivity contribution in [3.8, 4) is 11.4 Å². The normalized spacial score (nSPS) is 12.3. The Morgan fingerprint density at radius 2 is 1.59 bits per heavy atom. The second kappa shape index (κ2) is 7.83. The Hall–Kier alpha value is -3.60. The molecule has 2 N–H and O–H groups in total. The predicted molar refractivity (Wildman–Crippen MR) is 104 cm³/mol. The van der Waals surface area contributed by atoms with E-state index in [0.717, 1.165) is 12.1 Å². The zero-order valence-electron chi connectivity index (χ0n) is 16.0. The number of hydrogen-bond acceptors (Lipinski definition) is 4. The zero-order chi connectivity index (χ0) is 23.1. The number of aromatic nitrogens is 3. The number of aliphatic hydroxyl groups excluding tert-OH is 1. The SMILES string of the molecule is OCc1cc(Nc2ccc(C(F)(F)F)cc2)nc(-c2c(C(F)(F)F)nc3ccccn23)c1. The maximum atomic E-state index is 13.7. The summed E-state index contributed by atoms with van der Waals surface area (Å²) >= 11 is 0. The third-order valence-corrected chi connectivity index (χ3v) is 4.59. The van der Waals surface area contributed by atoms with Crippen molar-refractivity contribution in [2.24, 2.45) is 0 Å². The fourth-order valence-corrected chi connectivity index (χ4v) is 3.19. The zero-order valence-corrected chi connectivity index (χ0v) is 16.0. The van der Waals surface area contributed by atoms with Gasteiger partial charge in [0.2, 0.25) is 0 Å². The third-order valence-electron chi connectivity index (χ3n) is 4.59. The summed E-state index contributed by atoms with van der Waals surface area (Å²) in [5.74, 6) is 0.0466. The van der Waals surface area contributed by atoms with Crippen LogP contribution in [0.25, 0.3) is 17.0 Å². The number of aliphatic hydroxyl groups is 1. The van der Waals surface area contributed by atoms with Crippen LogP contribution in [0.15, 0.2) is 60.8 Å². The molecule has 4 aromatic rings. The molecular weight excluding hydrogens is 438 g/mol. The molecule has 1 aromatic carbocycles. The van der Waals surface area contributed by atoms with Crippen LogP contribution in [0.5, 0.6) is 0 Å². The van der Waals surface area contributed by atoms with E-state index in [0.29, 0.717) is 0 Å². The number of alkyl halides is 6. The number of fused-ring (bicyclic) bond motifs is 1. The van der Waals surface area contributed by atoms with Crippen molar-refractivity contribution in [1.82, 2.24) is 14.4 Å². The van der Waals surface area contributed by atoms with Gasteiger partial charge in [0.1, 0.15) is 17.2 Å². The molecule has 166 valence electrons. The smallest absolute Gasteiger partial charge is 0.392 e. The monoisotopic (exact) mass is 452 g/mol. The summed E-state index contributed by atoms with van der Waals surface area (Å²) in [4.78, 5) is 7.88. The highest BCUT2D eigenvalue weighted by Crippen LogP contribution is 2.37. The molecule has 11 heteroatoms. The van der Waals surface area contributed by atoms with Crippen LogP contribution in [0.4, 0.5) is 37.8 Å². The van der Waals surface area contributed by atoms with Crippen LogP contribution >= 0.6 is 0 Å². The van der Waals surface area contributed by atoms with E-state index in [1.54, 1.807) is 6.07 Å². The highest BCUT2D eigenvalue weighted by atomic mass is 19.4. The van der Waals surface area contributed by atoms with Gasteiger partial charge in [-0.3, -0.25) is 4.40 Å². The van der Waals surface area contributed by atoms with Gasteiger partial charge in [-0.05, 0) is 54.1 Å². The highest BCUT2D eigenvalue weighted by Gasteiger charge is 2.39. The molecule has 4 rings (SSSR count). The fraction of sp³-hybridized carbons (Fsp3) is 0.143. The van der Waals surface area contributed by atoms with Gasteiger partial charge in [-0.1, -0.05) is 6.07 Å². The molecule has 0 bridgehead atoms. The molecule has 0 aliphatic rings. The van der Waals surface area contributed by atoms with Crippen molar-refractivity contribution >= 4 is 17.2 Å². The van der Waals surface area contributed by atoms with Crippen LogP contribution in [-0.4, -0.2) is 19.5 Å². The number of benzene rings is 1. The molecule has 0 radical (unpaired) electrons. The lowest BCUT2D eigenvalue weighted by Gasteiger charge is -2.13. The van der Waals surface area contributed by atoms with Crippen LogP contribution in [0, 0.1) is 0 Å². The van der Waals surface area contributed by atoms with E-state index in [4.69, 9.17) is 0 Å². The lowest BCUT2D eigenvalue weighted by molar-refractivity contribution is -0.140. The van der Waals surface area contributed by atoms with E-state index in [-0.39, 0.29) is 34.1 Å². The minimum Gasteiger partial charge on any atom is -0.392 e. The van der Waals surface area contributed by atoms with E-state index in [2.05, 4.69) is 15.3 Å². The summed E-state index contributed by atoms with van der Waals surface area (Å²) in [6.45, 7) is -0.491. The first kappa shape index (κ1) is 21.6. The maximum Gasteiger partial charge on any atom is 0.435 e. The van der Waals surface area contributed by atoms with Crippen molar-refractivity contribution < 1.29 is 31.4 Å². The Morgan fingerprint density at radius 3 is 2.22 bits per heavy atom. The molecule has 0 amide bonds. The van der Waals surface area contributed by atoms with E-state index in [9.17, 15) is 31.4 Å². The topological polar surface area (TPSA) is 62.5 Å². The van der Waals surface area contributed by atoms with Crippen molar-refractivity contribution in [3.63, 3.8) is 0 Å². The van der Waals surface area contributed by atoms with Gasteiger partial charge in [0, 0.05) is 11.9 Å². The lowest BCUT2D eigenvalue weighted by atomic mass is 10.1. The summed E-state index contributed by atoms with van der Waals surface area (Å²) in [6.07, 6.45) is -7.86. The summed E-state index contributed by atoms with van der Waals surface area (Å²) in [6, 6.07) is 11.3. The van der Waals surface area contributed by atoms with E-state index in [1.807, 2.05) is 0 Å². The molecule has 0 unspecified atom stereocenters. The molecule has 0 saturated carbocycles. The minimum absolute atomic E-state index is 0.0466. The van der Waals surface area contributed by atoms with Crippen LogP contribution < -0.4 is 5.32 Å². The summed E-state index contributed by atoms with van der Waals surface area (Å²) in [7, 11) is 0. The average molecular weight is 452 g/mol. The van der Waals surface area contributed by atoms with Gasteiger partial charge >= 0.3 is 12.4 Å². The average Bonchev–Trinajstić information content (AvgIpc) is 3.13. The molecule has 3 heterocycles. The van der Waals surface area contributed by atoms with Crippen LogP contribution in [0.1, 0.15) is 16.8 Å². The van der Waals surface area contributed by atoms with Gasteiger partial charge in [-0.25, -0.2) is 9.97 Å². The van der Waals surface area contributed by atoms with Gasteiger partial charge in [0.25, 0.3) is 0 Å². The first-order chi connectivity index (χ1) is 15.1. The van der Waals surface area contributed by atoms with E-state index >= 15 is 0 Å². The fourth-order valence-electron chi connectivity index (χ4n) is 3.19. The number of pyridine rings is 2. The van der Waals surface area contributed by atoms with Gasteiger partial charge in [0.05, 0.1) is 17.9 Å². The molecule has 0 atom stereocenters. The number of halogens is 6. The summed E-state index contributed by atoms with van der Waals surface area (Å²) < 4.78 is 80.5. The number of nitrogens with one attached hydrogen (secondary N) is 1. The van der Waals surface area contributed by atoms with Crippen LogP contribution in [0.2, 0.25) is 0 Å². The van der Waals surface area contributed by atoms with E-state index in [1.165, 1.54) is 47.0 Å². The van der Waals surface area contributed by atoms with Gasteiger partial charge in [0.15, 0.2) is 5.69 Å². The van der Waals surface area contributed by atoms with Crippen molar-refractivity contribution in [3.05, 3.63) is 77.6 Å². The highest BCUT2D eigenvalue weighted by molar-refractivity contribution is 5.68.